The maximum atomic E-state index is 12.3. The van der Waals surface area contributed by atoms with E-state index in [1.165, 1.54) is 0 Å². The van der Waals surface area contributed by atoms with Gasteiger partial charge in [0.1, 0.15) is 6.61 Å². The highest BCUT2D eigenvalue weighted by atomic mass is 35.5. The minimum absolute atomic E-state index is 0.248. The predicted molar refractivity (Wildman–Crippen MR) is 89.7 cm³/mol. The molecule has 0 fully saturated rings. The number of benzene rings is 2. The first-order chi connectivity index (χ1) is 11.0. The van der Waals surface area contributed by atoms with Crippen molar-refractivity contribution >= 4 is 29.1 Å². The van der Waals surface area contributed by atoms with Gasteiger partial charge in [-0.3, -0.25) is 4.79 Å². The Labute approximate surface area is 144 Å². The van der Waals surface area contributed by atoms with Crippen LogP contribution in [0.2, 0.25) is 10.0 Å². The van der Waals surface area contributed by atoms with Crippen molar-refractivity contribution in [3.8, 4) is 11.5 Å². The molecule has 1 N–H and O–H groups in total. The molecule has 0 saturated heterocycles. The summed E-state index contributed by atoms with van der Waals surface area (Å²) in [7, 11) is 0. The zero-order chi connectivity index (χ0) is 16.4. The van der Waals surface area contributed by atoms with Crippen molar-refractivity contribution in [2.75, 3.05) is 6.61 Å². The Bertz CT molecular complexity index is 736. The molecular formula is C17H15Cl2NO3. The van der Waals surface area contributed by atoms with Crippen LogP contribution in [0.1, 0.15) is 17.3 Å². The number of nitrogens with one attached hydrogen (secondary N) is 1. The van der Waals surface area contributed by atoms with Gasteiger partial charge in [0.25, 0.3) is 5.91 Å². The van der Waals surface area contributed by atoms with Gasteiger partial charge in [-0.2, -0.15) is 0 Å². The molecule has 0 bridgehead atoms. The summed E-state index contributed by atoms with van der Waals surface area (Å²) >= 11 is 11.9. The SMILES string of the molecule is CC(NC(=O)c1ccc(Cl)cc1Cl)C1COc2ccccc2O1. The van der Waals surface area contributed by atoms with Crippen LogP contribution in [0.3, 0.4) is 0 Å². The van der Waals surface area contributed by atoms with E-state index in [2.05, 4.69) is 5.32 Å². The number of carbonyl (C=O) groups is 1. The summed E-state index contributed by atoms with van der Waals surface area (Å²) in [6.45, 7) is 2.23. The summed E-state index contributed by atoms with van der Waals surface area (Å²) in [6, 6.07) is 12.0. The monoisotopic (exact) mass is 351 g/mol. The number of rotatable bonds is 3. The van der Waals surface area contributed by atoms with E-state index >= 15 is 0 Å². The fraction of sp³-hybridized carbons (Fsp3) is 0.235. The second-order valence-corrected chi connectivity index (χ2v) is 6.14. The van der Waals surface area contributed by atoms with Crippen LogP contribution in [-0.4, -0.2) is 24.7 Å². The van der Waals surface area contributed by atoms with Gasteiger partial charge in [-0.15, -0.1) is 0 Å². The smallest absolute Gasteiger partial charge is 0.253 e. The molecule has 0 saturated carbocycles. The molecule has 6 heteroatoms. The van der Waals surface area contributed by atoms with Crippen molar-refractivity contribution < 1.29 is 14.3 Å². The summed E-state index contributed by atoms with van der Waals surface area (Å²) in [6.07, 6.45) is -0.278. The molecule has 1 aliphatic rings. The van der Waals surface area contributed by atoms with E-state index in [0.29, 0.717) is 33.7 Å². The van der Waals surface area contributed by atoms with Gasteiger partial charge in [-0.05, 0) is 37.3 Å². The second-order valence-electron chi connectivity index (χ2n) is 5.30. The third kappa shape index (κ3) is 3.54. The van der Waals surface area contributed by atoms with Crippen LogP contribution >= 0.6 is 23.2 Å². The van der Waals surface area contributed by atoms with Crippen molar-refractivity contribution in [3.63, 3.8) is 0 Å². The van der Waals surface area contributed by atoms with E-state index in [4.69, 9.17) is 32.7 Å². The van der Waals surface area contributed by atoms with Gasteiger partial charge in [-0.25, -0.2) is 0 Å². The topological polar surface area (TPSA) is 47.6 Å². The molecular weight excluding hydrogens is 337 g/mol. The van der Waals surface area contributed by atoms with E-state index in [0.717, 1.165) is 0 Å². The summed E-state index contributed by atoms with van der Waals surface area (Å²) in [4.78, 5) is 12.3. The number of ether oxygens (including phenoxy) is 2. The Morgan fingerprint density at radius 2 is 1.96 bits per heavy atom. The van der Waals surface area contributed by atoms with Gasteiger partial charge in [0.15, 0.2) is 17.6 Å². The normalized spacial score (nSPS) is 17.4. The molecule has 0 aromatic heterocycles. The van der Waals surface area contributed by atoms with Crippen molar-refractivity contribution in [1.82, 2.24) is 5.32 Å². The lowest BCUT2D eigenvalue weighted by Gasteiger charge is -2.30. The first kappa shape index (κ1) is 16.0. The molecule has 0 spiro atoms. The Balaban J connectivity index is 1.67. The second kappa shape index (κ2) is 6.69. The fourth-order valence-electron chi connectivity index (χ4n) is 2.33. The number of hydrogen-bond donors (Lipinski definition) is 1. The van der Waals surface area contributed by atoms with E-state index in [9.17, 15) is 4.79 Å². The average molecular weight is 352 g/mol. The molecule has 2 unspecified atom stereocenters. The molecule has 120 valence electrons. The van der Waals surface area contributed by atoms with Crippen molar-refractivity contribution in [2.24, 2.45) is 0 Å². The quantitative estimate of drug-likeness (QED) is 0.910. The maximum absolute atomic E-state index is 12.3. The highest BCUT2D eigenvalue weighted by Gasteiger charge is 2.27. The lowest BCUT2D eigenvalue weighted by molar-refractivity contribution is 0.0606. The number of hydrogen-bond acceptors (Lipinski definition) is 3. The predicted octanol–water partition coefficient (Wildman–Crippen LogP) is 3.95. The maximum Gasteiger partial charge on any atom is 0.253 e. The van der Waals surface area contributed by atoms with E-state index in [-0.39, 0.29) is 18.1 Å². The lowest BCUT2D eigenvalue weighted by Crippen LogP contribution is -2.48. The first-order valence-corrected chi connectivity index (χ1v) is 7.94. The van der Waals surface area contributed by atoms with Crippen LogP contribution in [0.15, 0.2) is 42.5 Å². The molecule has 2 atom stereocenters. The van der Waals surface area contributed by atoms with Crippen LogP contribution in [-0.2, 0) is 0 Å². The summed E-state index contributed by atoms with van der Waals surface area (Å²) in [5, 5.41) is 3.69. The Kier molecular flexibility index (Phi) is 4.64. The van der Waals surface area contributed by atoms with E-state index in [1.807, 2.05) is 31.2 Å². The van der Waals surface area contributed by atoms with Gasteiger partial charge < -0.3 is 14.8 Å². The standard InChI is InChI=1S/C17H15Cl2NO3/c1-10(16-9-22-14-4-2-3-5-15(14)23-16)20-17(21)12-7-6-11(18)8-13(12)19/h2-8,10,16H,9H2,1H3,(H,20,21). The Morgan fingerprint density at radius 1 is 1.22 bits per heavy atom. The van der Waals surface area contributed by atoms with Gasteiger partial charge in [0.2, 0.25) is 0 Å². The first-order valence-electron chi connectivity index (χ1n) is 7.19. The van der Waals surface area contributed by atoms with Crippen LogP contribution in [0.25, 0.3) is 0 Å². The summed E-state index contributed by atoms with van der Waals surface area (Å²) in [5.41, 5.74) is 0.375. The van der Waals surface area contributed by atoms with E-state index < -0.39 is 0 Å². The number of halogens is 2. The van der Waals surface area contributed by atoms with Crippen molar-refractivity contribution in [3.05, 3.63) is 58.1 Å². The molecule has 3 rings (SSSR count). The van der Waals surface area contributed by atoms with Gasteiger partial charge in [0.05, 0.1) is 16.6 Å². The third-order valence-electron chi connectivity index (χ3n) is 3.62. The number of carbonyl (C=O) groups excluding carboxylic acids is 1. The van der Waals surface area contributed by atoms with Crippen LogP contribution in [0, 0.1) is 0 Å². The highest BCUT2D eigenvalue weighted by Crippen LogP contribution is 2.31. The number of amides is 1. The molecule has 1 amide bonds. The molecule has 2 aromatic rings. The van der Waals surface area contributed by atoms with Crippen molar-refractivity contribution in [1.29, 1.82) is 0 Å². The molecule has 0 radical (unpaired) electrons. The van der Waals surface area contributed by atoms with Crippen LogP contribution in [0.4, 0.5) is 0 Å². The Morgan fingerprint density at radius 3 is 2.70 bits per heavy atom. The summed E-state index contributed by atoms with van der Waals surface area (Å²) < 4.78 is 11.6. The van der Waals surface area contributed by atoms with Crippen molar-refractivity contribution in [2.45, 2.75) is 19.1 Å². The molecule has 2 aromatic carbocycles. The van der Waals surface area contributed by atoms with Gasteiger partial charge >= 0.3 is 0 Å². The molecule has 1 aliphatic heterocycles. The van der Waals surface area contributed by atoms with Crippen LogP contribution in [0.5, 0.6) is 11.5 Å². The van der Waals surface area contributed by atoms with Crippen LogP contribution < -0.4 is 14.8 Å². The van der Waals surface area contributed by atoms with Gasteiger partial charge in [-0.1, -0.05) is 35.3 Å². The minimum Gasteiger partial charge on any atom is -0.486 e. The van der Waals surface area contributed by atoms with Gasteiger partial charge in [0, 0.05) is 5.02 Å². The molecule has 4 nitrogen and oxygen atoms in total. The molecule has 1 heterocycles. The number of para-hydroxylation sites is 2. The zero-order valence-electron chi connectivity index (χ0n) is 12.4. The molecule has 0 aliphatic carbocycles. The minimum atomic E-state index is -0.278. The Hall–Kier alpha value is -1.91. The highest BCUT2D eigenvalue weighted by molar-refractivity contribution is 6.36. The molecule has 23 heavy (non-hydrogen) atoms. The lowest BCUT2D eigenvalue weighted by atomic mass is 10.1. The summed E-state index contributed by atoms with van der Waals surface area (Å²) in [5.74, 6) is 1.11. The van der Waals surface area contributed by atoms with E-state index in [1.54, 1.807) is 18.2 Å². The fourth-order valence-corrected chi connectivity index (χ4v) is 2.83. The average Bonchev–Trinajstić information content (AvgIpc) is 2.54. The largest absolute Gasteiger partial charge is 0.486 e. The zero-order valence-corrected chi connectivity index (χ0v) is 13.9. The third-order valence-corrected chi connectivity index (χ3v) is 4.17. The number of fused-ring (bicyclic) bond motifs is 1.